The zero-order chi connectivity index (χ0) is 19.1. The van der Waals surface area contributed by atoms with Crippen molar-refractivity contribution in [3.63, 3.8) is 0 Å². The monoisotopic (exact) mass is 451 g/mol. The van der Waals surface area contributed by atoms with E-state index in [9.17, 15) is 4.79 Å². The molecule has 2 aromatic rings. The van der Waals surface area contributed by atoms with E-state index in [4.69, 9.17) is 4.42 Å². The van der Waals surface area contributed by atoms with Gasteiger partial charge in [0.05, 0.1) is 6.26 Å². The van der Waals surface area contributed by atoms with Crippen LogP contribution in [-0.4, -0.2) is 43.0 Å². The van der Waals surface area contributed by atoms with E-state index in [-0.39, 0.29) is 30.7 Å². The van der Waals surface area contributed by atoms with E-state index >= 15 is 0 Å². The zero-order valence-corrected chi connectivity index (χ0v) is 19.0. The van der Waals surface area contributed by atoms with Crippen LogP contribution in [0.4, 0.5) is 5.69 Å². The molecule has 1 aromatic carbocycles. The van der Waals surface area contributed by atoms with Crippen LogP contribution in [0.3, 0.4) is 0 Å². The van der Waals surface area contributed by atoms with E-state index in [0.717, 1.165) is 69.4 Å². The van der Waals surface area contributed by atoms with Gasteiger partial charge in [0.15, 0.2) is 5.76 Å². The number of fused-ring (bicyclic) bond motifs is 2. The smallest absolute Gasteiger partial charge is 0.289 e. The molecule has 1 unspecified atom stereocenters. The van der Waals surface area contributed by atoms with Gasteiger partial charge in [0.25, 0.3) is 5.91 Å². The van der Waals surface area contributed by atoms with Gasteiger partial charge in [-0.3, -0.25) is 4.79 Å². The Labute approximate surface area is 191 Å². The number of carbonyl (C=O) groups excluding carboxylic acids is 1. The van der Waals surface area contributed by atoms with Crippen LogP contribution >= 0.6 is 24.8 Å². The first-order chi connectivity index (χ1) is 13.7. The van der Waals surface area contributed by atoms with Gasteiger partial charge in [-0.25, -0.2) is 0 Å². The lowest BCUT2D eigenvalue weighted by Crippen LogP contribution is -2.34. The van der Waals surface area contributed by atoms with Crippen LogP contribution in [0, 0.1) is 11.8 Å². The fraction of sp³-hybridized carbons (Fsp3) is 0.522. The fourth-order valence-corrected chi connectivity index (χ4v) is 5.27. The summed E-state index contributed by atoms with van der Waals surface area (Å²) < 4.78 is 5.72. The Bertz CT molecular complexity index is 858. The quantitative estimate of drug-likeness (QED) is 0.761. The Morgan fingerprint density at radius 2 is 1.80 bits per heavy atom. The first-order valence-corrected chi connectivity index (χ1v) is 10.6. The minimum Gasteiger partial charge on any atom is -0.459 e. The molecule has 3 atom stereocenters. The second-order valence-corrected chi connectivity index (χ2v) is 8.63. The van der Waals surface area contributed by atoms with Crippen LogP contribution < -0.4 is 10.2 Å². The van der Waals surface area contributed by atoms with Gasteiger partial charge in [-0.15, -0.1) is 24.8 Å². The van der Waals surface area contributed by atoms with E-state index in [1.54, 1.807) is 6.26 Å². The topological polar surface area (TPSA) is 48.7 Å². The number of nitrogens with one attached hydrogen (secondary N) is 1. The van der Waals surface area contributed by atoms with Crippen molar-refractivity contribution in [2.45, 2.75) is 38.8 Å². The van der Waals surface area contributed by atoms with Crippen molar-refractivity contribution in [3.05, 3.63) is 53.5 Å². The molecule has 7 heteroatoms. The summed E-state index contributed by atoms with van der Waals surface area (Å²) >= 11 is 0. The lowest BCUT2D eigenvalue weighted by atomic mass is 9.92. The predicted octanol–water partition coefficient (Wildman–Crippen LogP) is 4.15. The number of hydrogen-bond acceptors (Lipinski definition) is 4. The first kappa shape index (κ1) is 23.0. The number of likely N-dealkylation sites (tertiary alicyclic amines) is 1. The van der Waals surface area contributed by atoms with Gasteiger partial charge in [0.2, 0.25) is 0 Å². The third-order valence-electron chi connectivity index (χ3n) is 6.94. The van der Waals surface area contributed by atoms with E-state index in [1.807, 2.05) is 11.0 Å². The first-order valence-electron chi connectivity index (χ1n) is 10.6. The summed E-state index contributed by atoms with van der Waals surface area (Å²) in [6, 6.07) is 11.0. The van der Waals surface area contributed by atoms with Gasteiger partial charge < -0.3 is 19.5 Å². The number of carbonyl (C=O) groups is 1. The molecule has 1 N–H and O–H groups in total. The molecule has 5 nitrogen and oxygen atoms in total. The summed E-state index contributed by atoms with van der Waals surface area (Å²) in [4.78, 5) is 17.7. The van der Waals surface area contributed by atoms with Crippen LogP contribution in [0.15, 0.2) is 41.0 Å². The van der Waals surface area contributed by atoms with E-state index in [2.05, 4.69) is 41.4 Å². The molecule has 0 saturated carbocycles. The second-order valence-electron chi connectivity index (χ2n) is 8.63. The summed E-state index contributed by atoms with van der Waals surface area (Å²) in [6.07, 6.45) is 4.91. The van der Waals surface area contributed by atoms with Crippen molar-refractivity contribution in [1.82, 2.24) is 10.2 Å². The molecule has 1 aromatic heterocycles. The van der Waals surface area contributed by atoms with Gasteiger partial charge in [-0.2, -0.15) is 0 Å². The van der Waals surface area contributed by atoms with Gasteiger partial charge >= 0.3 is 0 Å². The van der Waals surface area contributed by atoms with Crippen LogP contribution in [0.25, 0.3) is 0 Å². The zero-order valence-electron chi connectivity index (χ0n) is 17.4. The van der Waals surface area contributed by atoms with Gasteiger partial charge in [-0.05, 0) is 68.8 Å². The second kappa shape index (κ2) is 9.63. The molecular formula is C23H31Cl2N3O2. The van der Waals surface area contributed by atoms with Crippen molar-refractivity contribution in [3.8, 4) is 0 Å². The molecule has 0 radical (unpaired) electrons. The molecule has 2 saturated heterocycles. The van der Waals surface area contributed by atoms with Gasteiger partial charge in [-0.1, -0.05) is 18.2 Å². The minimum atomic E-state index is 0. The Hall–Kier alpha value is -1.69. The maximum absolute atomic E-state index is 13.3. The number of amides is 1. The molecule has 0 bridgehead atoms. The average molecular weight is 452 g/mol. The number of furan rings is 1. The molecule has 30 heavy (non-hydrogen) atoms. The van der Waals surface area contributed by atoms with Crippen LogP contribution in [0.2, 0.25) is 0 Å². The predicted molar refractivity (Wildman–Crippen MR) is 124 cm³/mol. The third kappa shape index (κ3) is 4.20. The highest BCUT2D eigenvalue weighted by Gasteiger charge is 2.33. The van der Waals surface area contributed by atoms with Crippen molar-refractivity contribution in [2.24, 2.45) is 11.8 Å². The Morgan fingerprint density at radius 3 is 2.53 bits per heavy atom. The molecule has 2 fully saturated rings. The van der Waals surface area contributed by atoms with E-state index < -0.39 is 0 Å². The minimum absolute atomic E-state index is 0. The maximum Gasteiger partial charge on any atom is 0.289 e. The fourth-order valence-electron chi connectivity index (χ4n) is 5.27. The number of hydrogen-bond donors (Lipinski definition) is 1. The number of rotatable bonds is 3. The average Bonchev–Trinajstić information content (AvgIpc) is 3.39. The number of anilines is 1. The standard InChI is InChI=1S/C23H29N3O2.2ClH/c1-16-12-17-4-2-3-5-21(17)26(16)15-20-8-11-28-22(20)23(27)25-9-6-18-13-24-14-19(18)7-10-25;;/h2-5,8,11,16,18-19,24H,6-7,9-10,12-15H2,1H3;2*1H/t16?,18-,19+;;. The molecule has 0 aliphatic carbocycles. The summed E-state index contributed by atoms with van der Waals surface area (Å²) in [6.45, 7) is 6.85. The Balaban J connectivity index is 0.00000128. The molecule has 4 heterocycles. The van der Waals surface area contributed by atoms with E-state index in [1.165, 1.54) is 11.3 Å². The van der Waals surface area contributed by atoms with Crippen molar-refractivity contribution in [2.75, 3.05) is 31.1 Å². The molecule has 3 aliphatic heterocycles. The van der Waals surface area contributed by atoms with Gasteiger partial charge in [0.1, 0.15) is 0 Å². The molecule has 1 amide bonds. The summed E-state index contributed by atoms with van der Waals surface area (Å²) in [5.74, 6) is 2.03. The van der Waals surface area contributed by atoms with E-state index in [0.29, 0.717) is 11.8 Å². The van der Waals surface area contributed by atoms with Crippen molar-refractivity contribution >= 4 is 36.4 Å². The molecule has 3 aliphatic rings. The summed E-state index contributed by atoms with van der Waals surface area (Å²) in [5, 5.41) is 3.50. The number of benzene rings is 1. The number of halogens is 2. The summed E-state index contributed by atoms with van der Waals surface area (Å²) in [5.41, 5.74) is 3.67. The normalized spacial score (nSPS) is 25.0. The maximum atomic E-state index is 13.3. The SMILES string of the molecule is CC1Cc2ccccc2N1Cc1ccoc1C(=O)N1CC[C@@H]2CNC[C@@H]2CC1.Cl.Cl. The van der Waals surface area contributed by atoms with Crippen LogP contribution in [-0.2, 0) is 13.0 Å². The molecule has 5 rings (SSSR count). The summed E-state index contributed by atoms with van der Waals surface area (Å²) in [7, 11) is 0. The molecule has 0 spiro atoms. The lowest BCUT2D eigenvalue weighted by molar-refractivity contribution is 0.0725. The number of nitrogens with zero attached hydrogens (tertiary/aromatic N) is 2. The highest BCUT2D eigenvalue weighted by Crippen LogP contribution is 2.34. The lowest BCUT2D eigenvalue weighted by Gasteiger charge is -2.25. The van der Waals surface area contributed by atoms with Crippen LogP contribution in [0.1, 0.15) is 41.4 Å². The van der Waals surface area contributed by atoms with Crippen molar-refractivity contribution in [1.29, 1.82) is 0 Å². The highest BCUT2D eigenvalue weighted by atomic mass is 35.5. The number of para-hydroxylation sites is 1. The molecular weight excluding hydrogens is 421 g/mol. The van der Waals surface area contributed by atoms with Crippen LogP contribution in [0.5, 0.6) is 0 Å². The largest absolute Gasteiger partial charge is 0.459 e. The molecule has 164 valence electrons. The third-order valence-corrected chi connectivity index (χ3v) is 6.94. The Kier molecular flexibility index (Phi) is 7.38. The van der Waals surface area contributed by atoms with Crippen molar-refractivity contribution < 1.29 is 9.21 Å². The highest BCUT2D eigenvalue weighted by molar-refractivity contribution is 5.93. The Morgan fingerprint density at radius 1 is 1.10 bits per heavy atom. The van der Waals surface area contributed by atoms with Gasteiger partial charge in [0, 0.05) is 36.9 Å².